The highest BCUT2D eigenvalue weighted by Crippen LogP contribution is 2.38. The molecule has 9 nitrogen and oxygen atoms in total. The van der Waals surface area contributed by atoms with Crippen molar-refractivity contribution in [2.45, 2.75) is 63.1 Å². The van der Waals surface area contributed by atoms with Crippen LogP contribution in [0.2, 0.25) is 0 Å². The molecule has 4 aliphatic rings. The van der Waals surface area contributed by atoms with Crippen molar-refractivity contribution in [3.8, 4) is 12.1 Å². The highest BCUT2D eigenvalue weighted by molar-refractivity contribution is 5.87. The Morgan fingerprint density at radius 3 is 2.85 bits per heavy atom. The van der Waals surface area contributed by atoms with Crippen molar-refractivity contribution in [1.82, 2.24) is 19.8 Å². The molecule has 1 aliphatic carbocycles. The van der Waals surface area contributed by atoms with Gasteiger partial charge in [-0.15, -0.1) is 0 Å². The molecule has 0 unspecified atom stereocenters. The zero-order valence-corrected chi connectivity index (χ0v) is 23.8. The van der Waals surface area contributed by atoms with Crippen LogP contribution in [-0.4, -0.2) is 90.2 Å². The smallest absolute Gasteiger partial charge is 0.318 e. The maximum atomic E-state index is 14.9. The van der Waals surface area contributed by atoms with Crippen molar-refractivity contribution in [2.75, 3.05) is 56.2 Å². The molecule has 3 atom stereocenters. The minimum atomic E-state index is -0.248. The molecule has 0 spiro atoms. The van der Waals surface area contributed by atoms with Crippen molar-refractivity contribution in [1.29, 1.82) is 5.26 Å². The van der Waals surface area contributed by atoms with Gasteiger partial charge in [0.2, 0.25) is 5.91 Å². The lowest BCUT2D eigenvalue weighted by atomic mass is 9.90. The summed E-state index contributed by atoms with van der Waals surface area (Å²) in [6.45, 7) is 7.64. The molecule has 3 aliphatic heterocycles. The predicted molar refractivity (Wildman–Crippen MR) is 155 cm³/mol. The monoisotopic (exact) mass is 559 g/mol. The quantitative estimate of drug-likeness (QED) is 0.479. The van der Waals surface area contributed by atoms with Gasteiger partial charge in [-0.05, 0) is 63.4 Å². The van der Waals surface area contributed by atoms with Crippen LogP contribution >= 0.6 is 0 Å². The Balaban J connectivity index is 1.30. The Kier molecular flexibility index (Phi) is 7.80. The van der Waals surface area contributed by atoms with Crippen LogP contribution in [0.3, 0.4) is 0 Å². The summed E-state index contributed by atoms with van der Waals surface area (Å²) in [7, 11) is 2.12. The number of likely N-dealkylation sites (tertiary alicyclic amines) is 1. The Bertz CT molecular complexity index is 1360. The maximum absolute atomic E-state index is 14.9. The minimum absolute atomic E-state index is 0.144. The summed E-state index contributed by atoms with van der Waals surface area (Å²) >= 11 is 0. The maximum Gasteiger partial charge on any atom is 0.318 e. The van der Waals surface area contributed by atoms with Crippen LogP contribution in [-0.2, 0) is 24.1 Å². The summed E-state index contributed by atoms with van der Waals surface area (Å²) in [6.07, 6.45) is 6.99. The largest absolute Gasteiger partial charge is 0.462 e. The number of anilines is 2. The van der Waals surface area contributed by atoms with Crippen molar-refractivity contribution in [2.24, 2.45) is 0 Å². The third-order valence-electron chi connectivity index (χ3n) is 9.27. The number of ether oxygens (including phenoxy) is 1. The molecule has 4 heterocycles. The van der Waals surface area contributed by atoms with E-state index >= 15 is 0 Å². The number of nitriles is 1. The van der Waals surface area contributed by atoms with Gasteiger partial charge in [-0.1, -0.05) is 18.7 Å². The molecule has 0 N–H and O–H groups in total. The fraction of sp³-hybridized carbons (Fsp3) is 0.548. The zero-order valence-electron chi connectivity index (χ0n) is 23.8. The van der Waals surface area contributed by atoms with Crippen molar-refractivity contribution in [3.63, 3.8) is 0 Å². The summed E-state index contributed by atoms with van der Waals surface area (Å²) in [5.41, 5.74) is 3.85. The van der Waals surface area contributed by atoms with Gasteiger partial charge in [0.25, 0.3) is 0 Å². The number of amides is 1. The fourth-order valence-corrected chi connectivity index (χ4v) is 7.05. The second-order valence-electron chi connectivity index (χ2n) is 11.6. The predicted octanol–water partition coefficient (Wildman–Crippen LogP) is 3.13. The molecule has 6 rings (SSSR count). The standard InChI is InChI=1S/C31H38FN7O2/c1-3-28(40)38-17-16-37(19-23(38)11-13-33)30-25-10-9-22(39-15-12-21-6-4-8-26(32)29(21)39)18-27(25)34-31(35-30)41-20-24-7-5-14-36(24)2/h3-4,6,8,22-24H,1,5,7,9-12,14-20H2,2H3/t22-,23-,24-/m0/s1. The van der Waals surface area contributed by atoms with Gasteiger partial charge in [0.1, 0.15) is 18.2 Å². The second-order valence-corrected chi connectivity index (χ2v) is 11.6. The molecule has 1 aromatic carbocycles. The molecule has 0 radical (unpaired) electrons. The van der Waals surface area contributed by atoms with E-state index < -0.39 is 0 Å². The van der Waals surface area contributed by atoms with Crippen molar-refractivity contribution in [3.05, 3.63) is 53.5 Å². The number of piperazine rings is 1. The lowest BCUT2D eigenvalue weighted by molar-refractivity contribution is -0.128. The molecule has 2 aromatic rings. The Hall–Kier alpha value is -3.71. The fourth-order valence-electron chi connectivity index (χ4n) is 7.05. The number of halogens is 1. The highest BCUT2D eigenvalue weighted by atomic mass is 19.1. The van der Waals surface area contributed by atoms with Crippen LogP contribution in [0.4, 0.5) is 15.9 Å². The average Bonchev–Trinajstić information content (AvgIpc) is 3.61. The Labute approximate surface area is 241 Å². The molecule has 0 bridgehead atoms. The topological polar surface area (TPSA) is 88.8 Å². The van der Waals surface area contributed by atoms with E-state index in [1.807, 2.05) is 6.07 Å². The van der Waals surface area contributed by atoms with E-state index in [1.165, 1.54) is 6.08 Å². The Morgan fingerprint density at radius 2 is 2.07 bits per heavy atom. The number of nitrogens with zero attached hydrogens (tertiary/aromatic N) is 7. The van der Waals surface area contributed by atoms with Crippen LogP contribution in [0.25, 0.3) is 0 Å². The summed E-state index contributed by atoms with van der Waals surface area (Å²) < 4.78 is 21.2. The number of fused-ring (bicyclic) bond motifs is 2. The van der Waals surface area contributed by atoms with Crippen molar-refractivity contribution < 1.29 is 13.9 Å². The first kappa shape index (κ1) is 27.5. The van der Waals surface area contributed by atoms with Gasteiger partial charge >= 0.3 is 6.01 Å². The van der Waals surface area contributed by atoms with E-state index in [9.17, 15) is 14.4 Å². The molecule has 216 valence electrons. The van der Waals surface area contributed by atoms with E-state index in [2.05, 4.69) is 34.4 Å². The number of carbonyl (C=O) groups is 1. The molecule has 2 saturated heterocycles. The number of rotatable bonds is 7. The third-order valence-corrected chi connectivity index (χ3v) is 9.27. The van der Waals surface area contributed by atoms with Gasteiger partial charge in [-0.25, -0.2) is 4.39 Å². The van der Waals surface area contributed by atoms with E-state index in [0.29, 0.717) is 44.7 Å². The summed E-state index contributed by atoms with van der Waals surface area (Å²) in [5, 5.41) is 9.49. The van der Waals surface area contributed by atoms with E-state index in [-0.39, 0.29) is 30.2 Å². The number of hydrogen-bond donors (Lipinski definition) is 0. The molecule has 41 heavy (non-hydrogen) atoms. The van der Waals surface area contributed by atoms with E-state index in [0.717, 1.165) is 73.5 Å². The van der Waals surface area contributed by atoms with Gasteiger partial charge in [0, 0.05) is 50.2 Å². The number of hydrogen-bond acceptors (Lipinski definition) is 8. The number of para-hydroxylation sites is 1. The average molecular weight is 560 g/mol. The SMILES string of the molecule is C=CC(=O)N1CCN(c2nc(OC[C@@H]3CCCN3C)nc3c2CC[C@H](N2CCc4cccc(F)c42)C3)C[C@@H]1CC#N. The van der Waals surface area contributed by atoms with Gasteiger partial charge in [-0.2, -0.15) is 15.2 Å². The second kappa shape index (κ2) is 11.6. The Morgan fingerprint density at radius 1 is 1.20 bits per heavy atom. The van der Waals surface area contributed by atoms with Gasteiger partial charge in [0.05, 0.1) is 29.9 Å². The first-order chi connectivity index (χ1) is 20.0. The van der Waals surface area contributed by atoms with Crippen LogP contribution < -0.4 is 14.5 Å². The number of aromatic nitrogens is 2. The van der Waals surface area contributed by atoms with E-state index in [1.54, 1.807) is 17.0 Å². The molecule has 2 fully saturated rings. The highest BCUT2D eigenvalue weighted by Gasteiger charge is 2.36. The number of likely N-dealkylation sites (N-methyl/N-ethyl adjacent to an activating group) is 1. The number of benzene rings is 1. The molecular formula is C31H38FN7O2. The minimum Gasteiger partial charge on any atom is -0.462 e. The van der Waals surface area contributed by atoms with Gasteiger partial charge in [-0.3, -0.25) is 4.79 Å². The molecule has 10 heteroatoms. The van der Waals surface area contributed by atoms with Gasteiger partial charge in [0.15, 0.2) is 0 Å². The lowest BCUT2D eigenvalue weighted by Crippen LogP contribution is -2.55. The van der Waals surface area contributed by atoms with Crippen LogP contribution in [0.5, 0.6) is 6.01 Å². The van der Waals surface area contributed by atoms with E-state index in [4.69, 9.17) is 14.7 Å². The third kappa shape index (κ3) is 5.35. The summed E-state index contributed by atoms with van der Waals surface area (Å²) in [5.74, 6) is 0.527. The van der Waals surface area contributed by atoms with Crippen LogP contribution in [0, 0.1) is 17.1 Å². The summed E-state index contributed by atoms with van der Waals surface area (Å²) in [4.78, 5) is 30.9. The number of carbonyl (C=O) groups excluding carboxylic acids is 1. The normalized spacial score (nSPS) is 24.1. The van der Waals surface area contributed by atoms with Gasteiger partial charge < -0.3 is 24.3 Å². The zero-order chi connectivity index (χ0) is 28.5. The molecular weight excluding hydrogens is 521 g/mol. The molecule has 1 amide bonds. The lowest BCUT2D eigenvalue weighted by Gasteiger charge is -2.42. The first-order valence-electron chi connectivity index (χ1n) is 14.8. The van der Waals surface area contributed by atoms with Crippen LogP contribution in [0.15, 0.2) is 30.9 Å². The first-order valence-corrected chi connectivity index (χ1v) is 14.8. The molecule has 1 aromatic heterocycles. The molecule has 0 saturated carbocycles. The van der Waals surface area contributed by atoms with Crippen LogP contribution in [0.1, 0.15) is 42.5 Å². The van der Waals surface area contributed by atoms with Crippen molar-refractivity contribution >= 4 is 17.4 Å². The summed E-state index contributed by atoms with van der Waals surface area (Å²) in [6, 6.07) is 8.21.